The van der Waals surface area contributed by atoms with Crippen LogP contribution >= 0.6 is 0 Å². The summed E-state index contributed by atoms with van der Waals surface area (Å²) in [6, 6.07) is 88.7. The molecular formula is C60H40GeO2. The van der Waals surface area contributed by atoms with Crippen LogP contribution in [-0.2, 0) is 0 Å². The quantitative estimate of drug-likeness (QED) is 0.142. The molecule has 0 spiro atoms. The van der Waals surface area contributed by atoms with Crippen LogP contribution in [0.15, 0.2) is 251 Å². The van der Waals surface area contributed by atoms with Crippen LogP contribution in [0.4, 0.5) is 0 Å². The monoisotopic (exact) mass is 866 g/mol. The summed E-state index contributed by atoms with van der Waals surface area (Å²) in [4.78, 5) is 0. The van der Waals surface area contributed by atoms with Crippen molar-refractivity contribution in [3.63, 3.8) is 0 Å². The maximum atomic E-state index is 6.50. The summed E-state index contributed by atoms with van der Waals surface area (Å²) in [5.41, 5.74) is 12.8. The van der Waals surface area contributed by atoms with E-state index in [0.717, 1.165) is 66.1 Å². The third-order valence-electron chi connectivity index (χ3n) is 12.8. The van der Waals surface area contributed by atoms with Crippen molar-refractivity contribution in [3.8, 4) is 44.5 Å². The zero-order valence-electron chi connectivity index (χ0n) is 34.4. The van der Waals surface area contributed by atoms with Crippen LogP contribution in [0.3, 0.4) is 0 Å². The van der Waals surface area contributed by atoms with Crippen molar-refractivity contribution in [1.82, 2.24) is 0 Å². The first-order valence-electron chi connectivity index (χ1n) is 21.6. The van der Waals surface area contributed by atoms with Gasteiger partial charge in [-0.05, 0) is 0 Å². The molecular weight excluding hydrogens is 825 g/mol. The van der Waals surface area contributed by atoms with Crippen molar-refractivity contribution in [2.75, 3.05) is 0 Å². The molecule has 0 N–H and O–H groups in total. The van der Waals surface area contributed by atoms with Gasteiger partial charge in [0.25, 0.3) is 0 Å². The van der Waals surface area contributed by atoms with Crippen molar-refractivity contribution < 1.29 is 8.83 Å². The average Bonchev–Trinajstić information content (AvgIpc) is 3.94. The van der Waals surface area contributed by atoms with Gasteiger partial charge in [-0.2, -0.15) is 0 Å². The maximum absolute atomic E-state index is 6.50. The third-order valence-corrected chi connectivity index (χ3v) is 22.8. The van der Waals surface area contributed by atoms with Crippen LogP contribution in [0.2, 0.25) is 0 Å². The minimum absolute atomic E-state index is 0.908. The summed E-state index contributed by atoms with van der Waals surface area (Å²) < 4.78 is 18.5. The van der Waals surface area contributed by atoms with Crippen LogP contribution in [0.25, 0.3) is 88.4 Å². The summed E-state index contributed by atoms with van der Waals surface area (Å²) in [7, 11) is 0. The van der Waals surface area contributed by atoms with E-state index in [4.69, 9.17) is 8.83 Å². The fraction of sp³-hybridized carbons (Fsp3) is 0. The predicted octanol–water partition coefficient (Wildman–Crippen LogP) is 13.5. The number of rotatable bonds is 8. The fourth-order valence-electron chi connectivity index (χ4n) is 9.92. The molecule has 0 bridgehead atoms. The van der Waals surface area contributed by atoms with E-state index in [1.54, 1.807) is 0 Å². The van der Waals surface area contributed by atoms with Crippen LogP contribution in [-0.4, -0.2) is 13.3 Å². The standard InChI is InChI=1S/C60H40GeO2/c1-3-23-47(24-4-1)61(48-25-5-2-6-26-48,49-27-13-19-43(39-49)41-17-11-21-45(37-41)51-31-15-33-55-53-29-7-9-35-57(53)62-59(51)55)50-28-14-20-44(40-50)42-18-12-22-46(38-42)52-32-16-34-56-54-30-8-10-36-58(54)63-60(52)56/h1-40H. The van der Waals surface area contributed by atoms with Gasteiger partial charge >= 0.3 is 371 Å². The Bertz CT molecular complexity index is 3390. The van der Waals surface area contributed by atoms with Crippen LogP contribution < -0.4 is 17.6 Å². The first kappa shape index (κ1) is 37.1. The number of para-hydroxylation sites is 4. The number of furan rings is 2. The Kier molecular flexibility index (Phi) is 9.05. The molecule has 0 saturated heterocycles. The number of hydrogen-bond acceptors (Lipinski definition) is 2. The topological polar surface area (TPSA) is 26.3 Å². The van der Waals surface area contributed by atoms with E-state index in [2.05, 4.69) is 231 Å². The van der Waals surface area contributed by atoms with Crippen molar-refractivity contribution in [3.05, 3.63) is 243 Å². The Hall–Kier alpha value is -7.66. The normalized spacial score (nSPS) is 11.8. The van der Waals surface area contributed by atoms with Crippen LogP contribution in [0, 0.1) is 0 Å². The Morgan fingerprint density at radius 2 is 0.571 bits per heavy atom. The van der Waals surface area contributed by atoms with E-state index in [0.29, 0.717) is 0 Å². The van der Waals surface area contributed by atoms with Gasteiger partial charge in [-0.15, -0.1) is 0 Å². The van der Waals surface area contributed by atoms with Gasteiger partial charge in [0.1, 0.15) is 0 Å². The molecule has 10 aromatic carbocycles. The van der Waals surface area contributed by atoms with Gasteiger partial charge in [0.05, 0.1) is 0 Å². The van der Waals surface area contributed by atoms with Crippen molar-refractivity contribution in [1.29, 1.82) is 0 Å². The van der Waals surface area contributed by atoms with E-state index < -0.39 is 13.3 Å². The second-order valence-corrected chi connectivity index (χ2v) is 24.4. The van der Waals surface area contributed by atoms with E-state index >= 15 is 0 Å². The molecule has 2 aromatic heterocycles. The molecule has 12 aromatic rings. The molecule has 0 fully saturated rings. The summed E-state index contributed by atoms with van der Waals surface area (Å²) in [5.74, 6) is 0. The van der Waals surface area contributed by atoms with Gasteiger partial charge in [-0.3, -0.25) is 0 Å². The van der Waals surface area contributed by atoms with Gasteiger partial charge in [0.2, 0.25) is 0 Å². The zero-order chi connectivity index (χ0) is 41.7. The van der Waals surface area contributed by atoms with Crippen LogP contribution in [0.1, 0.15) is 0 Å². The molecule has 0 aliphatic rings. The van der Waals surface area contributed by atoms with Crippen molar-refractivity contribution in [2.24, 2.45) is 0 Å². The molecule has 296 valence electrons. The minimum atomic E-state index is -3.72. The van der Waals surface area contributed by atoms with E-state index in [1.807, 2.05) is 12.1 Å². The number of fused-ring (bicyclic) bond motifs is 6. The second kappa shape index (κ2) is 15.4. The van der Waals surface area contributed by atoms with Crippen molar-refractivity contribution >= 4 is 74.7 Å². The average molecular weight is 866 g/mol. The number of hydrogen-bond donors (Lipinski definition) is 0. The molecule has 0 amide bonds. The SMILES string of the molecule is c1cc[c]([Ge]([c]2ccccc2)([c]2cccc(-c3cccc(-c4cccc5c4oc4ccccc45)c3)c2)[c]2cccc(-c3cccc(-c4cccc5c4oc4ccccc45)c3)c2)cc1. The van der Waals surface area contributed by atoms with Gasteiger partial charge in [-0.1, -0.05) is 0 Å². The predicted molar refractivity (Wildman–Crippen MR) is 266 cm³/mol. The molecule has 2 heterocycles. The van der Waals surface area contributed by atoms with E-state index in [1.165, 1.54) is 39.8 Å². The summed E-state index contributed by atoms with van der Waals surface area (Å²) in [5, 5.41) is 4.55. The van der Waals surface area contributed by atoms with Crippen molar-refractivity contribution in [2.45, 2.75) is 0 Å². The van der Waals surface area contributed by atoms with E-state index in [9.17, 15) is 0 Å². The molecule has 63 heavy (non-hydrogen) atoms. The Morgan fingerprint density at radius 1 is 0.238 bits per heavy atom. The molecule has 12 rings (SSSR count). The van der Waals surface area contributed by atoms with Crippen LogP contribution in [0.5, 0.6) is 0 Å². The number of benzene rings is 10. The molecule has 0 unspecified atom stereocenters. The summed E-state index contributed by atoms with van der Waals surface area (Å²) in [6.07, 6.45) is 0. The zero-order valence-corrected chi connectivity index (χ0v) is 36.5. The van der Waals surface area contributed by atoms with Gasteiger partial charge in [-0.25, -0.2) is 0 Å². The van der Waals surface area contributed by atoms with E-state index in [-0.39, 0.29) is 0 Å². The fourth-order valence-corrected chi connectivity index (χ4v) is 20.0. The Balaban J connectivity index is 1.01. The summed E-state index contributed by atoms with van der Waals surface area (Å²) in [6.45, 7) is 0. The second-order valence-electron chi connectivity index (χ2n) is 16.4. The van der Waals surface area contributed by atoms with Gasteiger partial charge < -0.3 is 0 Å². The molecule has 0 aliphatic heterocycles. The first-order chi connectivity index (χ1) is 31.2. The molecule has 3 heteroatoms. The summed E-state index contributed by atoms with van der Waals surface area (Å²) >= 11 is -3.72. The molecule has 0 atom stereocenters. The Labute approximate surface area is 368 Å². The molecule has 2 nitrogen and oxygen atoms in total. The Morgan fingerprint density at radius 3 is 1.03 bits per heavy atom. The molecule has 0 aliphatic carbocycles. The van der Waals surface area contributed by atoms with Gasteiger partial charge in [0.15, 0.2) is 0 Å². The molecule has 0 radical (unpaired) electrons. The van der Waals surface area contributed by atoms with Gasteiger partial charge in [0, 0.05) is 0 Å². The third kappa shape index (κ3) is 6.25. The first-order valence-corrected chi connectivity index (χ1v) is 25.8. The molecule has 0 saturated carbocycles.